The summed E-state index contributed by atoms with van der Waals surface area (Å²) in [5.41, 5.74) is 2.34. The van der Waals surface area contributed by atoms with Crippen LogP contribution in [0.2, 0.25) is 0 Å². The molecule has 1 atom stereocenters. The molecular formula is C24H20N4O2S. The summed E-state index contributed by atoms with van der Waals surface area (Å²) >= 11 is 1.49. The summed E-state index contributed by atoms with van der Waals surface area (Å²) in [6, 6.07) is 17.9. The van der Waals surface area contributed by atoms with Gasteiger partial charge in [-0.15, -0.1) is 16.4 Å². The number of ether oxygens (including phenoxy) is 1. The van der Waals surface area contributed by atoms with Crippen LogP contribution in [0.4, 0.5) is 5.82 Å². The molecular weight excluding hydrogens is 408 g/mol. The minimum atomic E-state index is -0.147. The fraction of sp³-hybridized carbons (Fsp3) is 0.208. The van der Waals surface area contributed by atoms with E-state index in [0.717, 1.165) is 46.2 Å². The van der Waals surface area contributed by atoms with Gasteiger partial charge in [-0.2, -0.15) is 4.52 Å². The van der Waals surface area contributed by atoms with E-state index < -0.39 is 0 Å². The highest BCUT2D eigenvalue weighted by Crippen LogP contribution is 2.32. The Morgan fingerprint density at radius 1 is 1.10 bits per heavy atom. The van der Waals surface area contributed by atoms with E-state index in [4.69, 9.17) is 14.8 Å². The van der Waals surface area contributed by atoms with Gasteiger partial charge in [-0.3, -0.25) is 4.79 Å². The molecule has 1 saturated heterocycles. The molecule has 0 radical (unpaired) electrons. The summed E-state index contributed by atoms with van der Waals surface area (Å²) in [4.78, 5) is 19.2. The van der Waals surface area contributed by atoms with Crippen LogP contribution in [0, 0.1) is 0 Å². The summed E-state index contributed by atoms with van der Waals surface area (Å²) in [7, 11) is 0. The van der Waals surface area contributed by atoms with Gasteiger partial charge in [0, 0.05) is 34.9 Å². The van der Waals surface area contributed by atoms with Crippen molar-refractivity contribution in [3.8, 4) is 11.1 Å². The molecule has 0 bridgehead atoms. The first-order valence-electron chi connectivity index (χ1n) is 10.4. The second-order valence-electron chi connectivity index (χ2n) is 7.76. The third kappa shape index (κ3) is 3.08. The Labute approximate surface area is 182 Å². The van der Waals surface area contributed by atoms with Crippen LogP contribution in [0.25, 0.3) is 37.8 Å². The lowest BCUT2D eigenvalue weighted by atomic mass is 10.1. The molecule has 1 fully saturated rings. The van der Waals surface area contributed by atoms with Gasteiger partial charge in [-0.25, -0.2) is 4.98 Å². The lowest BCUT2D eigenvalue weighted by molar-refractivity contribution is 0.120. The van der Waals surface area contributed by atoms with E-state index in [1.807, 2.05) is 60.0 Å². The molecule has 154 valence electrons. The maximum atomic E-state index is 13.6. The highest BCUT2D eigenvalue weighted by molar-refractivity contribution is 7.17. The van der Waals surface area contributed by atoms with E-state index in [-0.39, 0.29) is 11.7 Å². The van der Waals surface area contributed by atoms with Gasteiger partial charge in [0.15, 0.2) is 11.5 Å². The molecule has 7 heteroatoms. The predicted molar refractivity (Wildman–Crippen MR) is 125 cm³/mol. The van der Waals surface area contributed by atoms with E-state index in [0.29, 0.717) is 23.4 Å². The van der Waals surface area contributed by atoms with Gasteiger partial charge >= 0.3 is 0 Å². The van der Waals surface area contributed by atoms with E-state index >= 15 is 0 Å². The maximum absolute atomic E-state index is 13.6. The third-order valence-corrected chi connectivity index (χ3v) is 6.69. The fourth-order valence-electron chi connectivity index (χ4n) is 4.26. The number of nitrogens with zero attached hydrogens (tertiary/aromatic N) is 3. The molecule has 0 saturated carbocycles. The minimum Gasteiger partial charge on any atom is -0.376 e. The van der Waals surface area contributed by atoms with Gasteiger partial charge in [0.1, 0.15) is 4.83 Å². The highest BCUT2D eigenvalue weighted by Gasteiger charge is 2.19. The van der Waals surface area contributed by atoms with Crippen molar-refractivity contribution in [2.75, 3.05) is 18.5 Å². The predicted octanol–water partition coefficient (Wildman–Crippen LogP) is 4.72. The molecule has 31 heavy (non-hydrogen) atoms. The van der Waals surface area contributed by atoms with Crippen molar-refractivity contribution in [3.63, 3.8) is 0 Å². The number of aromatic nitrogens is 3. The van der Waals surface area contributed by atoms with Crippen molar-refractivity contribution in [2.45, 2.75) is 18.9 Å². The van der Waals surface area contributed by atoms with E-state index in [2.05, 4.69) is 5.32 Å². The Hall–Kier alpha value is -3.29. The smallest absolute Gasteiger partial charge is 0.283 e. The minimum absolute atomic E-state index is 0.147. The number of hydrogen-bond acceptors (Lipinski definition) is 6. The zero-order valence-corrected chi connectivity index (χ0v) is 17.6. The maximum Gasteiger partial charge on any atom is 0.283 e. The number of fused-ring (bicyclic) bond motifs is 4. The Bertz CT molecular complexity index is 1470. The molecule has 6 nitrogen and oxygen atoms in total. The number of benzene rings is 2. The van der Waals surface area contributed by atoms with Crippen molar-refractivity contribution >= 4 is 43.8 Å². The average Bonchev–Trinajstić information content (AvgIpc) is 3.49. The SMILES string of the molecule is O=c1c2c(-c3ccccc3)csc2nc2c3ccccc3c(NC[C@@H]3CCCO3)nn12. The van der Waals surface area contributed by atoms with Crippen molar-refractivity contribution in [3.05, 3.63) is 70.3 Å². The fourth-order valence-corrected chi connectivity index (χ4v) is 5.20. The highest BCUT2D eigenvalue weighted by atomic mass is 32.1. The van der Waals surface area contributed by atoms with Crippen molar-refractivity contribution in [2.24, 2.45) is 0 Å². The topological polar surface area (TPSA) is 68.5 Å². The second kappa shape index (κ2) is 7.44. The first-order chi connectivity index (χ1) is 15.3. The standard InChI is InChI=1S/C24H20N4O2S/c29-24-20-19(15-7-2-1-3-8-15)14-31-23(20)26-22-18-11-5-4-10-17(18)21(27-28(22)24)25-13-16-9-6-12-30-16/h1-5,7-8,10-11,14,16H,6,9,12-13H2,(H,25,27)/t16-/m0/s1. The molecule has 0 unspecified atom stereocenters. The van der Waals surface area contributed by atoms with Gasteiger partial charge in [-0.05, 0) is 18.4 Å². The van der Waals surface area contributed by atoms with Gasteiger partial charge in [-0.1, -0.05) is 54.6 Å². The van der Waals surface area contributed by atoms with Crippen LogP contribution in [-0.4, -0.2) is 33.9 Å². The molecule has 0 amide bonds. The van der Waals surface area contributed by atoms with Gasteiger partial charge in [0.2, 0.25) is 0 Å². The van der Waals surface area contributed by atoms with Crippen LogP contribution in [0.3, 0.4) is 0 Å². The summed E-state index contributed by atoms with van der Waals surface area (Å²) in [5.74, 6) is 0.679. The molecule has 4 heterocycles. The largest absolute Gasteiger partial charge is 0.376 e. The van der Waals surface area contributed by atoms with E-state index in [1.165, 1.54) is 15.9 Å². The van der Waals surface area contributed by atoms with Gasteiger partial charge in [0.25, 0.3) is 5.56 Å². The number of anilines is 1. The van der Waals surface area contributed by atoms with Gasteiger partial charge < -0.3 is 10.1 Å². The molecule has 1 aliphatic rings. The zero-order chi connectivity index (χ0) is 20.8. The van der Waals surface area contributed by atoms with Gasteiger partial charge in [0.05, 0.1) is 11.5 Å². The Morgan fingerprint density at radius 2 is 1.90 bits per heavy atom. The van der Waals surface area contributed by atoms with Crippen molar-refractivity contribution < 1.29 is 4.74 Å². The summed E-state index contributed by atoms with van der Waals surface area (Å²) in [5, 5.41) is 12.6. The van der Waals surface area contributed by atoms with Crippen LogP contribution in [0.15, 0.2) is 64.8 Å². The lowest BCUT2D eigenvalue weighted by Gasteiger charge is -2.14. The quantitative estimate of drug-likeness (QED) is 0.420. The normalized spacial score (nSPS) is 16.5. The first-order valence-corrected chi connectivity index (χ1v) is 11.3. The number of rotatable bonds is 4. The Kier molecular flexibility index (Phi) is 4.44. The third-order valence-electron chi connectivity index (χ3n) is 5.81. The first kappa shape index (κ1) is 18.5. The Balaban J connectivity index is 1.58. The molecule has 1 N–H and O–H groups in total. The molecule has 1 aliphatic heterocycles. The Morgan fingerprint density at radius 3 is 2.71 bits per heavy atom. The van der Waals surface area contributed by atoms with Crippen LogP contribution < -0.4 is 10.9 Å². The van der Waals surface area contributed by atoms with Crippen molar-refractivity contribution in [1.82, 2.24) is 14.6 Å². The summed E-state index contributed by atoms with van der Waals surface area (Å²) < 4.78 is 7.19. The van der Waals surface area contributed by atoms with Crippen LogP contribution >= 0.6 is 11.3 Å². The molecule has 3 aromatic heterocycles. The lowest BCUT2D eigenvalue weighted by Crippen LogP contribution is -2.23. The number of nitrogens with one attached hydrogen (secondary N) is 1. The van der Waals surface area contributed by atoms with Crippen LogP contribution in [0.5, 0.6) is 0 Å². The van der Waals surface area contributed by atoms with Crippen molar-refractivity contribution in [1.29, 1.82) is 0 Å². The van der Waals surface area contributed by atoms with E-state index in [1.54, 1.807) is 0 Å². The molecule has 2 aromatic carbocycles. The number of thiophene rings is 1. The number of hydrogen-bond donors (Lipinski definition) is 1. The molecule has 0 spiro atoms. The zero-order valence-electron chi connectivity index (χ0n) is 16.7. The van der Waals surface area contributed by atoms with E-state index in [9.17, 15) is 4.79 Å². The molecule has 6 rings (SSSR count). The average molecular weight is 429 g/mol. The van der Waals surface area contributed by atoms with Crippen LogP contribution in [0.1, 0.15) is 12.8 Å². The summed E-state index contributed by atoms with van der Waals surface area (Å²) in [6.45, 7) is 1.47. The van der Waals surface area contributed by atoms with Crippen LogP contribution in [-0.2, 0) is 4.74 Å². The summed E-state index contributed by atoms with van der Waals surface area (Å²) in [6.07, 6.45) is 2.30. The second-order valence-corrected chi connectivity index (χ2v) is 8.62. The monoisotopic (exact) mass is 428 g/mol. The molecule has 5 aromatic rings. The molecule has 0 aliphatic carbocycles.